The third kappa shape index (κ3) is 3.48. The van der Waals surface area contributed by atoms with Crippen LogP contribution in [-0.4, -0.2) is 30.5 Å². The van der Waals surface area contributed by atoms with Crippen molar-refractivity contribution >= 4 is 39.3 Å². The molecule has 1 N–H and O–H groups in total. The normalized spacial score (nSPS) is 30.6. The topological polar surface area (TPSA) is 77.6 Å². The summed E-state index contributed by atoms with van der Waals surface area (Å²) in [6.45, 7) is 0.607. The Hall–Kier alpha value is -2.19. The van der Waals surface area contributed by atoms with Crippen LogP contribution in [0.1, 0.15) is 44.1 Å². The quantitative estimate of drug-likeness (QED) is 0.526. The van der Waals surface area contributed by atoms with Crippen LogP contribution in [0.2, 0.25) is 5.02 Å². The number of rotatable bonds is 5. The Kier molecular flexibility index (Phi) is 4.73. The zero-order chi connectivity index (χ0) is 21.9. The molecule has 4 fully saturated rings. The van der Waals surface area contributed by atoms with Gasteiger partial charge in [-0.1, -0.05) is 23.7 Å². The Bertz CT molecular complexity index is 1170. The molecule has 0 aliphatic heterocycles. The van der Waals surface area contributed by atoms with E-state index in [9.17, 15) is 4.79 Å². The summed E-state index contributed by atoms with van der Waals surface area (Å²) in [7, 11) is 0. The standard InChI is InChI=1S/C23H24BrClN6O/c24-21-26-14-31(29-21)23-10-16-6-17(11-23)9-22(8-16,13-23)20(32)27-19-4-5-30(28-19)12-15-2-1-3-18(25)7-15/h1-5,7,14,16-17H,6,8-13H2,(H,27,28,32). The van der Waals surface area contributed by atoms with Crippen molar-refractivity contribution in [3.63, 3.8) is 0 Å². The molecule has 4 saturated carbocycles. The summed E-state index contributed by atoms with van der Waals surface area (Å²) in [5, 5.41) is 13.0. The summed E-state index contributed by atoms with van der Waals surface area (Å²) >= 11 is 9.48. The number of anilines is 1. The Labute approximate surface area is 199 Å². The van der Waals surface area contributed by atoms with Crippen molar-refractivity contribution in [3.8, 4) is 0 Å². The second kappa shape index (κ2) is 7.42. The number of nitrogens with one attached hydrogen (secondary N) is 1. The van der Waals surface area contributed by atoms with Crippen LogP contribution in [0.3, 0.4) is 0 Å². The first-order valence-electron chi connectivity index (χ1n) is 11.1. The molecule has 3 aromatic rings. The van der Waals surface area contributed by atoms with Gasteiger partial charge in [-0.25, -0.2) is 9.67 Å². The number of hydrogen-bond donors (Lipinski definition) is 1. The number of benzene rings is 1. The molecule has 2 aromatic heterocycles. The summed E-state index contributed by atoms with van der Waals surface area (Å²) < 4.78 is 4.46. The largest absolute Gasteiger partial charge is 0.309 e. The fraction of sp³-hybridized carbons (Fsp3) is 0.478. The van der Waals surface area contributed by atoms with Gasteiger partial charge in [-0.3, -0.25) is 9.48 Å². The van der Waals surface area contributed by atoms with Crippen molar-refractivity contribution in [1.29, 1.82) is 0 Å². The SMILES string of the molecule is O=C(Nc1ccn(Cc2cccc(Cl)c2)n1)C12CC3CC(C1)CC(n1cnc(Br)n1)(C3)C2. The van der Waals surface area contributed by atoms with Gasteiger partial charge < -0.3 is 5.32 Å². The smallest absolute Gasteiger partial charge is 0.231 e. The first-order valence-corrected chi connectivity index (χ1v) is 12.3. The molecule has 9 heteroatoms. The number of amides is 1. The van der Waals surface area contributed by atoms with E-state index in [0.717, 1.165) is 37.7 Å². The van der Waals surface area contributed by atoms with Crippen LogP contribution in [0.4, 0.5) is 5.82 Å². The van der Waals surface area contributed by atoms with Gasteiger partial charge in [0.05, 0.1) is 17.5 Å². The van der Waals surface area contributed by atoms with E-state index in [1.54, 1.807) is 0 Å². The average molecular weight is 516 g/mol. The van der Waals surface area contributed by atoms with E-state index in [0.29, 0.717) is 34.0 Å². The Balaban J connectivity index is 1.22. The van der Waals surface area contributed by atoms with Gasteiger partial charge in [0.2, 0.25) is 10.6 Å². The molecule has 4 aliphatic carbocycles. The molecule has 0 spiro atoms. The molecule has 1 amide bonds. The monoisotopic (exact) mass is 514 g/mol. The Morgan fingerprint density at radius 1 is 1.19 bits per heavy atom. The highest BCUT2D eigenvalue weighted by Gasteiger charge is 2.61. The molecule has 2 unspecified atom stereocenters. The van der Waals surface area contributed by atoms with Crippen LogP contribution in [-0.2, 0) is 16.9 Å². The van der Waals surface area contributed by atoms with E-state index < -0.39 is 0 Å². The first kappa shape index (κ1) is 20.4. The van der Waals surface area contributed by atoms with Crippen molar-refractivity contribution in [3.05, 3.63) is 58.2 Å². The van der Waals surface area contributed by atoms with Gasteiger partial charge in [-0.15, -0.1) is 5.10 Å². The van der Waals surface area contributed by atoms with E-state index in [1.807, 2.05) is 52.2 Å². The second-order valence-electron chi connectivity index (χ2n) is 9.91. The maximum atomic E-state index is 13.6. The molecule has 4 bridgehead atoms. The average Bonchev–Trinajstić information content (AvgIpc) is 3.36. The number of aromatic nitrogens is 5. The summed E-state index contributed by atoms with van der Waals surface area (Å²) in [5.74, 6) is 1.82. The summed E-state index contributed by atoms with van der Waals surface area (Å²) in [6, 6.07) is 9.60. The van der Waals surface area contributed by atoms with E-state index in [4.69, 9.17) is 11.6 Å². The zero-order valence-electron chi connectivity index (χ0n) is 17.5. The number of carbonyl (C=O) groups is 1. The van der Waals surface area contributed by atoms with Crippen LogP contribution < -0.4 is 5.32 Å². The molecule has 0 radical (unpaired) electrons. The zero-order valence-corrected chi connectivity index (χ0v) is 19.9. The lowest BCUT2D eigenvalue weighted by molar-refractivity contribution is -0.150. The molecule has 4 aliphatic rings. The highest BCUT2D eigenvalue weighted by atomic mass is 79.9. The van der Waals surface area contributed by atoms with E-state index in [2.05, 4.69) is 36.4 Å². The minimum absolute atomic E-state index is 0.100. The molecule has 166 valence electrons. The van der Waals surface area contributed by atoms with Crippen LogP contribution in [0.5, 0.6) is 0 Å². The van der Waals surface area contributed by atoms with E-state index in [-0.39, 0.29) is 16.9 Å². The van der Waals surface area contributed by atoms with Crippen molar-refractivity contribution in [2.24, 2.45) is 17.3 Å². The lowest BCUT2D eigenvalue weighted by Gasteiger charge is -2.60. The van der Waals surface area contributed by atoms with Gasteiger partial charge in [0.15, 0.2) is 5.82 Å². The molecular weight excluding hydrogens is 492 g/mol. The third-order valence-electron chi connectivity index (χ3n) is 7.58. The van der Waals surface area contributed by atoms with Crippen LogP contribution >= 0.6 is 27.5 Å². The minimum atomic E-state index is -0.362. The highest BCUT2D eigenvalue weighted by molar-refractivity contribution is 9.10. The molecule has 2 heterocycles. The van der Waals surface area contributed by atoms with Crippen LogP contribution in [0.25, 0.3) is 0 Å². The maximum Gasteiger partial charge on any atom is 0.231 e. The molecule has 7 nitrogen and oxygen atoms in total. The predicted molar refractivity (Wildman–Crippen MR) is 124 cm³/mol. The number of halogens is 2. The van der Waals surface area contributed by atoms with Gasteiger partial charge in [-0.05, 0) is 84.0 Å². The number of carbonyl (C=O) groups excluding carboxylic acids is 1. The van der Waals surface area contributed by atoms with Gasteiger partial charge >= 0.3 is 0 Å². The van der Waals surface area contributed by atoms with Gasteiger partial charge in [0.25, 0.3) is 0 Å². The summed E-state index contributed by atoms with van der Waals surface area (Å²) in [6.07, 6.45) is 9.83. The van der Waals surface area contributed by atoms with Crippen LogP contribution in [0.15, 0.2) is 47.6 Å². The lowest BCUT2D eigenvalue weighted by Crippen LogP contribution is -2.60. The molecule has 7 rings (SSSR count). The van der Waals surface area contributed by atoms with Crippen molar-refractivity contribution in [1.82, 2.24) is 24.5 Å². The van der Waals surface area contributed by atoms with E-state index >= 15 is 0 Å². The van der Waals surface area contributed by atoms with Gasteiger partial charge in [-0.2, -0.15) is 5.10 Å². The predicted octanol–water partition coefficient (Wildman–Crippen LogP) is 4.87. The molecular formula is C23H24BrClN6O. The third-order valence-corrected chi connectivity index (χ3v) is 8.18. The van der Waals surface area contributed by atoms with Gasteiger partial charge in [0, 0.05) is 17.3 Å². The second-order valence-corrected chi connectivity index (χ2v) is 11.1. The first-order chi connectivity index (χ1) is 15.4. The highest BCUT2D eigenvalue weighted by Crippen LogP contribution is 2.64. The van der Waals surface area contributed by atoms with Crippen molar-refractivity contribution in [2.75, 3.05) is 5.32 Å². The van der Waals surface area contributed by atoms with Crippen LogP contribution in [0, 0.1) is 17.3 Å². The Morgan fingerprint density at radius 3 is 2.72 bits per heavy atom. The van der Waals surface area contributed by atoms with Gasteiger partial charge in [0.1, 0.15) is 6.33 Å². The molecule has 2 atom stereocenters. The summed E-state index contributed by atoms with van der Waals surface area (Å²) in [4.78, 5) is 17.9. The number of hydrogen-bond acceptors (Lipinski definition) is 4. The van der Waals surface area contributed by atoms with E-state index in [1.165, 1.54) is 6.42 Å². The maximum absolute atomic E-state index is 13.6. The minimum Gasteiger partial charge on any atom is -0.309 e. The summed E-state index contributed by atoms with van der Waals surface area (Å²) in [5.41, 5.74) is 0.603. The molecule has 1 aromatic carbocycles. The fourth-order valence-corrected chi connectivity index (χ4v) is 7.28. The molecule has 32 heavy (non-hydrogen) atoms. The van der Waals surface area contributed by atoms with Crippen molar-refractivity contribution in [2.45, 2.75) is 50.6 Å². The van der Waals surface area contributed by atoms with Crippen molar-refractivity contribution < 1.29 is 4.79 Å². The molecule has 0 saturated heterocycles. The Morgan fingerprint density at radius 2 is 2.00 bits per heavy atom. The number of nitrogens with zero attached hydrogens (tertiary/aromatic N) is 5. The lowest BCUT2D eigenvalue weighted by atomic mass is 9.46. The fourth-order valence-electron chi connectivity index (χ4n) is 6.81.